The number of hydrogen-bond acceptors (Lipinski definition) is 2. The number of rotatable bonds is 4. The first kappa shape index (κ1) is 15.5. The number of halogens is 1. The van der Waals surface area contributed by atoms with E-state index in [1.54, 1.807) is 36.4 Å². The average Bonchev–Trinajstić information content (AvgIpc) is 2.49. The van der Waals surface area contributed by atoms with Crippen LogP contribution >= 0.6 is 22.6 Å². The molecule has 0 heterocycles. The molecule has 2 amide bonds. The maximum atomic E-state index is 12.1. The SMILES string of the molecule is CCNC(=O)c1ccc(NC(=O)c2ccc(I)cc2)cc1. The van der Waals surface area contributed by atoms with Crippen molar-refractivity contribution in [3.05, 3.63) is 63.2 Å². The van der Waals surface area contributed by atoms with E-state index in [-0.39, 0.29) is 11.8 Å². The van der Waals surface area contributed by atoms with Crippen molar-refractivity contribution in [3.8, 4) is 0 Å². The topological polar surface area (TPSA) is 58.2 Å². The first-order valence-electron chi connectivity index (χ1n) is 6.55. The molecule has 4 nitrogen and oxygen atoms in total. The Kier molecular flexibility index (Phi) is 5.32. The molecule has 0 saturated heterocycles. The lowest BCUT2D eigenvalue weighted by molar-refractivity contribution is 0.0955. The molecule has 0 fully saturated rings. The van der Waals surface area contributed by atoms with Crippen LogP contribution in [0.1, 0.15) is 27.6 Å². The summed E-state index contributed by atoms with van der Waals surface area (Å²) in [5.41, 5.74) is 1.83. The maximum absolute atomic E-state index is 12.1. The monoisotopic (exact) mass is 394 g/mol. The summed E-state index contributed by atoms with van der Waals surface area (Å²) in [6.45, 7) is 2.46. The van der Waals surface area contributed by atoms with Crippen molar-refractivity contribution in [2.75, 3.05) is 11.9 Å². The fourth-order valence-corrected chi connectivity index (χ4v) is 2.13. The Morgan fingerprint density at radius 1 is 0.905 bits per heavy atom. The van der Waals surface area contributed by atoms with Gasteiger partial charge in [-0.05, 0) is 78.0 Å². The second kappa shape index (κ2) is 7.21. The third-order valence-corrected chi connectivity index (χ3v) is 3.57. The Hall–Kier alpha value is -1.89. The van der Waals surface area contributed by atoms with Crippen LogP contribution in [0.25, 0.3) is 0 Å². The molecule has 21 heavy (non-hydrogen) atoms. The van der Waals surface area contributed by atoms with Crippen molar-refractivity contribution in [2.45, 2.75) is 6.92 Å². The molecular weight excluding hydrogens is 379 g/mol. The minimum atomic E-state index is -0.169. The Labute approximate surface area is 137 Å². The number of amides is 2. The van der Waals surface area contributed by atoms with Gasteiger partial charge in [-0.2, -0.15) is 0 Å². The number of benzene rings is 2. The van der Waals surface area contributed by atoms with E-state index in [0.717, 1.165) is 3.57 Å². The average molecular weight is 394 g/mol. The molecule has 5 heteroatoms. The number of carbonyl (C=O) groups is 2. The second-order valence-corrected chi connectivity index (χ2v) is 5.64. The predicted molar refractivity (Wildman–Crippen MR) is 91.6 cm³/mol. The standard InChI is InChI=1S/C16H15IN2O2/c1-2-18-15(20)11-5-9-14(10-6-11)19-16(21)12-3-7-13(17)8-4-12/h3-10H,2H2,1H3,(H,18,20)(H,19,21). The first-order chi connectivity index (χ1) is 10.1. The molecule has 2 N–H and O–H groups in total. The van der Waals surface area contributed by atoms with Crippen LogP contribution in [-0.2, 0) is 0 Å². The van der Waals surface area contributed by atoms with Gasteiger partial charge in [-0.25, -0.2) is 0 Å². The van der Waals surface area contributed by atoms with Gasteiger partial charge in [0.2, 0.25) is 0 Å². The van der Waals surface area contributed by atoms with Gasteiger partial charge in [0.1, 0.15) is 0 Å². The summed E-state index contributed by atoms with van der Waals surface area (Å²) >= 11 is 2.19. The van der Waals surface area contributed by atoms with Crippen molar-refractivity contribution < 1.29 is 9.59 Å². The molecule has 0 aliphatic rings. The summed E-state index contributed by atoms with van der Waals surface area (Å²) in [5.74, 6) is -0.287. The second-order valence-electron chi connectivity index (χ2n) is 4.40. The van der Waals surface area contributed by atoms with Crippen LogP contribution in [0.2, 0.25) is 0 Å². The van der Waals surface area contributed by atoms with Crippen LogP contribution in [0.5, 0.6) is 0 Å². The Morgan fingerprint density at radius 3 is 2.00 bits per heavy atom. The van der Waals surface area contributed by atoms with E-state index < -0.39 is 0 Å². The normalized spacial score (nSPS) is 10.0. The lowest BCUT2D eigenvalue weighted by Crippen LogP contribution is -2.22. The molecule has 0 aliphatic heterocycles. The van der Waals surface area contributed by atoms with Crippen LogP contribution in [0, 0.1) is 3.57 Å². The maximum Gasteiger partial charge on any atom is 0.255 e. The van der Waals surface area contributed by atoms with Gasteiger partial charge in [0.25, 0.3) is 11.8 Å². The number of hydrogen-bond donors (Lipinski definition) is 2. The third kappa shape index (κ3) is 4.29. The van der Waals surface area contributed by atoms with Crippen molar-refractivity contribution in [1.82, 2.24) is 5.32 Å². The molecule has 108 valence electrons. The van der Waals surface area contributed by atoms with E-state index in [0.29, 0.717) is 23.4 Å². The Morgan fingerprint density at radius 2 is 1.43 bits per heavy atom. The van der Waals surface area contributed by atoms with Gasteiger partial charge in [-0.3, -0.25) is 9.59 Å². The molecule has 0 aliphatic carbocycles. The first-order valence-corrected chi connectivity index (χ1v) is 7.63. The zero-order valence-electron chi connectivity index (χ0n) is 11.5. The van der Waals surface area contributed by atoms with Crippen molar-refractivity contribution in [3.63, 3.8) is 0 Å². The molecule has 2 aromatic carbocycles. The van der Waals surface area contributed by atoms with Crippen LogP contribution in [-0.4, -0.2) is 18.4 Å². The molecule has 0 saturated carbocycles. The third-order valence-electron chi connectivity index (χ3n) is 2.85. The fraction of sp³-hybridized carbons (Fsp3) is 0.125. The van der Waals surface area contributed by atoms with Gasteiger partial charge < -0.3 is 10.6 Å². The number of anilines is 1. The van der Waals surface area contributed by atoms with Crippen LogP contribution < -0.4 is 10.6 Å². The largest absolute Gasteiger partial charge is 0.352 e. The van der Waals surface area contributed by atoms with Gasteiger partial charge in [0, 0.05) is 26.9 Å². The van der Waals surface area contributed by atoms with Crippen molar-refractivity contribution >= 4 is 40.1 Å². The van der Waals surface area contributed by atoms with Crippen LogP contribution in [0.15, 0.2) is 48.5 Å². The van der Waals surface area contributed by atoms with Gasteiger partial charge in [0.15, 0.2) is 0 Å². The van der Waals surface area contributed by atoms with Crippen LogP contribution in [0.3, 0.4) is 0 Å². The van der Waals surface area contributed by atoms with Gasteiger partial charge >= 0.3 is 0 Å². The lowest BCUT2D eigenvalue weighted by Gasteiger charge is -2.07. The molecule has 0 radical (unpaired) electrons. The van der Waals surface area contributed by atoms with E-state index >= 15 is 0 Å². The van der Waals surface area contributed by atoms with E-state index in [9.17, 15) is 9.59 Å². The highest BCUT2D eigenvalue weighted by Crippen LogP contribution is 2.12. The summed E-state index contributed by atoms with van der Waals surface area (Å²) < 4.78 is 1.08. The predicted octanol–water partition coefficient (Wildman–Crippen LogP) is 3.29. The molecule has 0 spiro atoms. The zero-order valence-corrected chi connectivity index (χ0v) is 13.7. The molecule has 0 bridgehead atoms. The van der Waals surface area contributed by atoms with Crippen LogP contribution in [0.4, 0.5) is 5.69 Å². The summed E-state index contributed by atoms with van der Waals surface area (Å²) in [7, 11) is 0. The molecule has 0 aromatic heterocycles. The molecule has 2 rings (SSSR count). The minimum absolute atomic E-state index is 0.118. The minimum Gasteiger partial charge on any atom is -0.352 e. The highest BCUT2D eigenvalue weighted by molar-refractivity contribution is 14.1. The summed E-state index contributed by atoms with van der Waals surface area (Å²) in [6.07, 6.45) is 0. The lowest BCUT2D eigenvalue weighted by atomic mass is 10.1. The molecular formula is C16H15IN2O2. The highest BCUT2D eigenvalue weighted by atomic mass is 127. The quantitative estimate of drug-likeness (QED) is 0.782. The van der Waals surface area contributed by atoms with E-state index in [1.165, 1.54) is 0 Å². The summed E-state index contributed by atoms with van der Waals surface area (Å²) in [4.78, 5) is 23.7. The van der Waals surface area contributed by atoms with E-state index in [2.05, 4.69) is 33.2 Å². The smallest absolute Gasteiger partial charge is 0.255 e. The number of carbonyl (C=O) groups excluding carboxylic acids is 2. The summed E-state index contributed by atoms with van der Waals surface area (Å²) in [5, 5.41) is 5.53. The van der Waals surface area contributed by atoms with E-state index in [4.69, 9.17) is 0 Å². The van der Waals surface area contributed by atoms with Gasteiger partial charge in [-0.1, -0.05) is 0 Å². The molecule has 0 atom stereocenters. The molecule has 2 aromatic rings. The Bertz CT molecular complexity index is 636. The van der Waals surface area contributed by atoms with Gasteiger partial charge in [-0.15, -0.1) is 0 Å². The van der Waals surface area contributed by atoms with E-state index in [1.807, 2.05) is 19.1 Å². The zero-order chi connectivity index (χ0) is 15.2. The highest BCUT2D eigenvalue weighted by Gasteiger charge is 2.07. The fourth-order valence-electron chi connectivity index (χ4n) is 1.77. The Balaban J connectivity index is 2.04. The van der Waals surface area contributed by atoms with Gasteiger partial charge in [0.05, 0.1) is 0 Å². The molecule has 0 unspecified atom stereocenters. The number of nitrogens with one attached hydrogen (secondary N) is 2. The van der Waals surface area contributed by atoms with Crippen molar-refractivity contribution in [1.29, 1.82) is 0 Å². The van der Waals surface area contributed by atoms with Crippen molar-refractivity contribution in [2.24, 2.45) is 0 Å². The summed E-state index contributed by atoms with van der Waals surface area (Å²) in [6, 6.07) is 14.1.